The number of amides is 1. The van der Waals surface area contributed by atoms with Crippen molar-refractivity contribution in [2.24, 2.45) is 5.10 Å². The molecule has 0 spiro atoms. The molecule has 0 aliphatic carbocycles. The lowest BCUT2D eigenvalue weighted by Gasteiger charge is -2.05. The molecule has 3 aromatic carbocycles. The third-order valence-electron chi connectivity index (χ3n) is 4.27. The number of hydrazone groups is 1. The van der Waals surface area contributed by atoms with Gasteiger partial charge in [-0.3, -0.25) is 14.9 Å². The van der Waals surface area contributed by atoms with Crippen molar-refractivity contribution in [1.82, 2.24) is 5.43 Å². The second-order valence-electron chi connectivity index (χ2n) is 6.72. The second-order valence-corrected chi connectivity index (χ2v) is 6.72. The average molecular weight is 417 g/mol. The number of nitro benzene ring substituents is 1. The van der Waals surface area contributed by atoms with Crippen molar-refractivity contribution in [3.8, 4) is 5.75 Å². The van der Waals surface area contributed by atoms with Crippen LogP contribution in [0.25, 0.3) is 0 Å². The maximum Gasteiger partial charge on any atom is 0.343 e. The molecule has 0 heterocycles. The summed E-state index contributed by atoms with van der Waals surface area (Å²) in [6.45, 7) is 1.98. The van der Waals surface area contributed by atoms with Gasteiger partial charge in [-0.25, -0.2) is 10.2 Å². The number of ether oxygens (including phenoxy) is 1. The Hall–Kier alpha value is -4.33. The molecular weight excluding hydrogens is 398 g/mol. The maximum absolute atomic E-state index is 12.2. The normalized spacial score (nSPS) is 10.6. The van der Waals surface area contributed by atoms with E-state index in [-0.39, 0.29) is 29.3 Å². The van der Waals surface area contributed by atoms with Crippen LogP contribution >= 0.6 is 0 Å². The van der Waals surface area contributed by atoms with Gasteiger partial charge >= 0.3 is 5.97 Å². The minimum Gasteiger partial charge on any atom is -0.423 e. The van der Waals surface area contributed by atoms with Gasteiger partial charge in [-0.1, -0.05) is 42.0 Å². The summed E-state index contributed by atoms with van der Waals surface area (Å²) in [6, 6.07) is 19.4. The number of nitro groups is 1. The summed E-state index contributed by atoms with van der Waals surface area (Å²) in [5.74, 6) is -0.616. The summed E-state index contributed by atoms with van der Waals surface area (Å²) >= 11 is 0. The summed E-state index contributed by atoms with van der Waals surface area (Å²) in [4.78, 5) is 34.4. The predicted octanol–water partition coefficient (Wildman–Crippen LogP) is 3.82. The predicted molar refractivity (Wildman–Crippen MR) is 115 cm³/mol. The lowest BCUT2D eigenvalue weighted by Crippen LogP contribution is -2.19. The molecule has 0 atom stereocenters. The van der Waals surface area contributed by atoms with Crippen LogP contribution in [0.5, 0.6) is 5.75 Å². The fraction of sp³-hybridized carbons (Fsp3) is 0.0870. The Labute approximate surface area is 178 Å². The lowest BCUT2D eigenvalue weighted by atomic mass is 10.1. The molecule has 0 fully saturated rings. The van der Waals surface area contributed by atoms with Crippen LogP contribution in [0.15, 0.2) is 77.9 Å². The second kappa shape index (κ2) is 9.93. The van der Waals surface area contributed by atoms with Crippen LogP contribution in [0.2, 0.25) is 0 Å². The van der Waals surface area contributed by atoms with Crippen LogP contribution in [-0.2, 0) is 11.2 Å². The summed E-state index contributed by atoms with van der Waals surface area (Å²) in [6.07, 6.45) is 1.65. The van der Waals surface area contributed by atoms with E-state index >= 15 is 0 Å². The van der Waals surface area contributed by atoms with Gasteiger partial charge in [-0.2, -0.15) is 5.10 Å². The van der Waals surface area contributed by atoms with Crippen LogP contribution in [0.1, 0.15) is 27.0 Å². The number of benzene rings is 3. The zero-order valence-electron chi connectivity index (χ0n) is 16.6. The minimum absolute atomic E-state index is 0.112. The number of hydrogen-bond acceptors (Lipinski definition) is 6. The third kappa shape index (κ3) is 6.33. The molecule has 31 heavy (non-hydrogen) atoms. The Morgan fingerprint density at radius 3 is 2.45 bits per heavy atom. The van der Waals surface area contributed by atoms with Crippen molar-refractivity contribution in [3.05, 3.63) is 105 Å². The van der Waals surface area contributed by atoms with Gasteiger partial charge in [0.15, 0.2) is 0 Å². The van der Waals surface area contributed by atoms with Crippen LogP contribution < -0.4 is 10.2 Å². The third-order valence-corrected chi connectivity index (χ3v) is 4.27. The molecule has 3 aromatic rings. The molecule has 0 saturated carbocycles. The van der Waals surface area contributed by atoms with Crippen LogP contribution in [0, 0.1) is 17.0 Å². The van der Waals surface area contributed by atoms with Crippen molar-refractivity contribution in [2.75, 3.05) is 0 Å². The van der Waals surface area contributed by atoms with Gasteiger partial charge in [0.25, 0.3) is 5.69 Å². The number of nitrogens with zero attached hydrogens (tertiary/aromatic N) is 2. The summed E-state index contributed by atoms with van der Waals surface area (Å²) in [5, 5.41) is 14.6. The number of esters is 1. The molecule has 0 aliphatic heterocycles. The molecule has 0 bridgehead atoms. The van der Waals surface area contributed by atoms with E-state index in [0.717, 1.165) is 11.1 Å². The number of aryl methyl sites for hydroxylation is 1. The zero-order chi connectivity index (χ0) is 22.2. The highest BCUT2D eigenvalue weighted by atomic mass is 16.6. The van der Waals surface area contributed by atoms with E-state index in [1.807, 2.05) is 31.2 Å². The summed E-state index contributed by atoms with van der Waals surface area (Å²) in [5.41, 5.74) is 5.16. The van der Waals surface area contributed by atoms with Gasteiger partial charge in [0.2, 0.25) is 5.91 Å². The number of rotatable bonds is 7. The fourth-order valence-corrected chi connectivity index (χ4v) is 2.65. The van der Waals surface area contributed by atoms with Crippen molar-refractivity contribution in [2.45, 2.75) is 13.3 Å². The molecule has 0 aromatic heterocycles. The Balaban J connectivity index is 1.56. The minimum atomic E-state index is -0.643. The van der Waals surface area contributed by atoms with Crippen LogP contribution in [0.4, 0.5) is 5.69 Å². The molecule has 156 valence electrons. The molecule has 8 heteroatoms. The lowest BCUT2D eigenvalue weighted by molar-refractivity contribution is -0.384. The van der Waals surface area contributed by atoms with Gasteiger partial charge in [0.1, 0.15) is 5.75 Å². The molecule has 0 radical (unpaired) electrons. The van der Waals surface area contributed by atoms with Gasteiger partial charge in [-0.05, 0) is 42.3 Å². The average Bonchev–Trinajstić information content (AvgIpc) is 2.75. The Bertz CT molecular complexity index is 1120. The van der Waals surface area contributed by atoms with Gasteiger partial charge in [0.05, 0.1) is 23.1 Å². The zero-order valence-corrected chi connectivity index (χ0v) is 16.6. The Morgan fingerprint density at radius 1 is 1.06 bits per heavy atom. The quantitative estimate of drug-likeness (QED) is 0.207. The van der Waals surface area contributed by atoms with E-state index < -0.39 is 10.9 Å². The highest BCUT2D eigenvalue weighted by molar-refractivity contribution is 5.91. The summed E-state index contributed by atoms with van der Waals surface area (Å²) < 4.78 is 5.30. The van der Waals surface area contributed by atoms with E-state index in [1.165, 1.54) is 30.5 Å². The Morgan fingerprint density at radius 2 is 1.77 bits per heavy atom. The van der Waals surface area contributed by atoms with Gasteiger partial charge in [0, 0.05) is 12.1 Å². The smallest absolute Gasteiger partial charge is 0.343 e. The highest BCUT2D eigenvalue weighted by Gasteiger charge is 2.11. The van der Waals surface area contributed by atoms with E-state index in [4.69, 9.17) is 4.74 Å². The first-order valence-electron chi connectivity index (χ1n) is 9.35. The fourth-order valence-electron chi connectivity index (χ4n) is 2.65. The first kappa shape index (κ1) is 21.4. The molecular formula is C23H19N3O5. The number of hydrogen-bond donors (Lipinski definition) is 1. The van der Waals surface area contributed by atoms with Crippen molar-refractivity contribution < 1.29 is 19.2 Å². The molecule has 0 unspecified atom stereocenters. The highest BCUT2D eigenvalue weighted by Crippen LogP contribution is 2.16. The monoisotopic (exact) mass is 417 g/mol. The maximum atomic E-state index is 12.2. The van der Waals surface area contributed by atoms with Crippen molar-refractivity contribution in [3.63, 3.8) is 0 Å². The molecule has 0 saturated heterocycles. The number of non-ortho nitro benzene ring substituents is 1. The van der Waals surface area contributed by atoms with Crippen LogP contribution in [-0.4, -0.2) is 23.0 Å². The molecule has 8 nitrogen and oxygen atoms in total. The van der Waals surface area contributed by atoms with Gasteiger partial charge < -0.3 is 4.74 Å². The largest absolute Gasteiger partial charge is 0.423 e. The molecule has 1 N–H and O–H groups in total. The van der Waals surface area contributed by atoms with Crippen molar-refractivity contribution in [1.29, 1.82) is 0 Å². The number of carbonyl (C=O) groups excluding carboxylic acids is 2. The van der Waals surface area contributed by atoms with Crippen molar-refractivity contribution >= 4 is 23.8 Å². The van der Waals surface area contributed by atoms with E-state index in [0.29, 0.717) is 5.56 Å². The summed E-state index contributed by atoms with van der Waals surface area (Å²) in [7, 11) is 0. The molecule has 3 rings (SSSR count). The first-order valence-corrected chi connectivity index (χ1v) is 9.35. The number of nitrogens with one attached hydrogen (secondary N) is 1. The van der Waals surface area contributed by atoms with Gasteiger partial charge in [-0.15, -0.1) is 0 Å². The van der Waals surface area contributed by atoms with Crippen LogP contribution in [0.3, 0.4) is 0 Å². The van der Waals surface area contributed by atoms with E-state index in [1.54, 1.807) is 24.3 Å². The Kier molecular flexibility index (Phi) is 6.85. The SMILES string of the molecule is Cc1ccc(CC(=O)N/N=C\c2cccc(OC(=O)c3ccc([N+](=O)[O-])cc3)c2)cc1. The number of carbonyl (C=O) groups is 2. The topological polar surface area (TPSA) is 111 Å². The molecule has 1 amide bonds. The first-order chi connectivity index (χ1) is 14.9. The molecule has 0 aliphatic rings. The standard InChI is InChI=1S/C23H19N3O5/c1-16-5-7-17(8-6-16)14-22(27)25-24-15-18-3-2-4-21(13-18)31-23(28)19-9-11-20(12-10-19)26(29)30/h2-13,15H,14H2,1H3,(H,25,27)/b24-15-. The van der Waals surface area contributed by atoms with E-state index in [9.17, 15) is 19.7 Å². The van der Waals surface area contributed by atoms with E-state index in [2.05, 4.69) is 10.5 Å².